The van der Waals surface area contributed by atoms with E-state index < -0.39 is 5.97 Å². The Morgan fingerprint density at radius 1 is 1.27 bits per heavy atom. The minimum atomic E-state index is -0.716. The summed E-state index contributed by atoms with van der Waals surface area (Å²) < 4.78 is 4.65. The fourth-order valence-corrected chi connectivity index (χ4v) is 2.90. The molecule has 1 N–H and O–H groups in total. The van der Waals surface area contributed by atoms with Crippen molar-refractivity contribution >= 4 is 12.1 Å². The van der Waals surface area contributed by atoms with E-state index in [-0.39, 0.29) is 23.8 Å². The zero-order valence-corrected chi connectivity index (χ0v) is 8.68. The molecule has 5 heteroatoms. The van der Waals surface area contributed by atoms with Crippen LogP contribution in [0.2, 0.25) is 0 Å². The molecule has 84 valence electrons. The van der Waals surface area contributed by atoms with Gasteiger partial charge in [0.25, 0.3) is 0 Å². The number of hydrogen-bond donors (Lipinski definition) is 1. The molecular weight excluding hydrogens is 198 g/mol. The maximum Gasteiger partial charge on any atom is 0.409 e. The molecule has 2 fully saturated rings. The molecule has 0 aromatic carbocycles. The quantitative estimate of drug-likeness (QED) is 0.699. The summed E-state index contributed by atoms with van der Waals surface area (Å²) in [6.07, 6.45) is 1.49. The van der Waals surface area contributed by atoms with Crippen LogP contribution in [0.3, 0.4) is 0 Å². The lowest BCUT2D eigenvalue weighted by molar-refractivity contribution is -0.146. The van der Waals surface area contributed by atoms with E-state index in [1.807, 2.05) is 0 Å². The zero-order valence-electron chi connectivity index (χ0n) is 8.68. The molecule has 5 nitrogen and oxygen atoms in total. The Bertz CT molecular complexity index is 277. The summed E-state index contributed by atoms with van der Waals surface area (Å²) in [5.41, 5.74) is 0. The smallest absolute Gasteiger partial charge is 0.409 e. The van der Waals surface area contributed by atoms with Crippen LogP contribution < -0.4 is 0 Å². The second kappa shape index (κ2) is 3.72. The van der Waals surface area contributed by atoms with Gasteiger partial charge in [0, 0.05) is 13.1 Å². The van der Waals surface area contributed by atoms with E-state index in [0.717, 1.165) is 12.8 Å². The summed E-state index contributed by atoms with van der Waals surface area (Å²) in [7, 11) is 1.35. The van der Waals surface area contributed by atoms with E-state index in [9.17, 15) is 9.59 Å². The van der Waals surface area contributed by atoms with Crippen molar-refractivity contribution in [1.82, 2.24) is 4.90 Å². The molecule has 0 aromatic heterocycles. The van der Waals surface area contributed by atoms with E-state index in [1.54, 1.807) is 4.90 Å². The molecule has 1 heterocycles. The molecule has 2 bridgehead atoms. The van der Waals surface area contributed by atoms with Gasteiger partial charge in [-0.25, -0.2) is 4.79 Å². The van der Waals surface area contributed by atoms with Gasteiger partial charge in [0.2, 0.25) is 0 Å². The molecule has 2 atom stereocenters. The van der Waals surface area contributed by atoms with Gasteiger partial charge in [0.05, 0.1) is 13.0 Å². The first kappa shape index (κ1) is 10.3. The van der Waals surface area contributed by atoms with Crippen molar-refractivity contribution in [2.24, 2.45) is 17.8 Å². The lowest BCUT2D eigenvalue weighted by atomic mass is 9.85. The van der Waals surface area contributed by atoms with Crippen molar-refractivity contribution in [1.29, 1.82) is 0 Å². The van der Waals surface area contributed by atoms with Gasteiger partial charge in [-0.3, -0.25) is 4.79 Å². The van der Waals surface area contributed by atoms with Gasteiger partial charge in [-0.15, -0.1) is 0 Å². The first-order valence-corrected chi connectivity index (χ1v) is 5.19. The minimum Gasteiger partial charge on any atom is -0.481 e. The molecule has 1 aliphatic carbocycles. The van der Waals surface area contributed by atoms with Gasteiger partial charge in [0.15, 0.2) is 0 Å². The SMILES string of the molecule is COC(=O)N1CC2CCC(C1)C2C(=O)O. The lowest BCUT2D eigenvalue weighted by Gasteiger charge is -2.34. The van der Waals surface area contributed by atoms with E-state index >= 15 is 0 Å². The monoisotopic (exact) mass is 213 g/mol. The Morgan fingerprint density at radius 3 is 2.20 bits per heavy atom. The molecule has 2 aliphatic rings. The fourth-order valence-electron chi connectivity index (χ4n) is 2.90. The standard InChI is InChI=1S/C10H15NO4/c1-15-10(14)11-4-6-2-3-7(5-11)8(6)9(12)13/h6-8H,2-5H2,1H3,(H,12,13). The third kappa shape index (κ3) is 1.66. The van der Waals surface area contributed by atoms with Gasteiger partial charge >= 0.3 is 12.1 Å². The van der Waals surface area contributed by atoms with Crippen molar-refractivity contribution in [3.05, 3.63) is 0 Å². The van der Waals surface area contributed by atoms with Crippen LogP contribution in [0, 0.1) is 17.8 Å². The molecule has 1 amide bonds. The number of amides is 1. The molecule has 2 rings (SSSR count). The summed E-state index contributed by atoms with van der Waals surface area (Å²) in [6.45, 7) is 1.06. The Balaban J connectivity index is 2.08. The topological polar surface area (TPSA) is 66.8 Å². The van der Waals surface area contributed by atoms with Gasteiger partial charge in [-0.1, -0.05) is 0 Å². The van der Waals surface area contributed by atoms with Crippen LogP contribution in [-0.2, 0) is 9.53 Å². The van der Waals surface area contributed by atoms with Crippen molar-refractivity contribution in [3.63, 3.8) is 0 Å². The largest absolute Gasteiger partial charge is 0.481 e. The average molecular weight is 213 g/mol. The summed E-state index contributed by atoms with van der Waals surface area (Å²) in [4.78, 5) is 24.0. The molecule has 1 saturated heterocycles. The third-order valence-electron chi connectivity index (χ3n) is 3.55. The van der Waals surface area contributed by atoms with E-state index in [0.29, 0.717) is 13.1 Å². The highest BCUT2D eigenvalue weighted by atomic mass is 16.5. The summed E-state index contributed by atoms with van der Waals surface area (Å²) >= 11 is 0. The van der Waals surface area contributed by atoms with E-state index in [2.05, 4.69) is 4.74 Å². The maximum absolute atomic E-state index is 11.3. The van der Waals surface area contributed by atoms with Crippen LogP contribution >= 0.6 is 0 Å². The number of carboxylic acid groups (broad SMARTS) is 1. The molecule has 0 spiro atoms. The van der Waals surface area contributed by atoms with Crippen LogP contribution in [0.15, 0.2) is 0 Å². The molecule has 0 radical (unpaired) electrons. The maximum atomic E-state index is 11.3. The molecule has 0 aromatic rings. The Hall–Kier alpha value is -1.26. The number of rotatable bonds is 1. The van der Waals surface area contributed by atoms with Crippen molar-refractivity contribution in [2.45, 2.75) is 12.8 Å². The van der Waals surface area contributed by atoms with Crippen LogP contribution in [0.4, 0.5) is 4.79 Å². The second-order valence-corrected chi connectivity index (χ2v) is 4.34. The highest BCUT2D eigenvalue weighted by Gasteiger charge is 2.47. The number of carbonyl (C=O) groups is 2. The lowest BCUT2D eigenvalue weighted by Crippen LogP contribution is -2.47. The Kier molecular flexibility index (Phi) is 2.54. The Labute approximate surface area is 88.0 Å². The van der Waals surface area contributed by atoms with Gasteiger partial charge < -0.3 is 14.7 Å². The predicted molar refractivity (Wildman–Crippen MR) is 51.3 cm³/mol. The highest BCUT2D eigenvalue weighted by molar-refractivity contribution is 5.73. The number of carboxylic acids is 1. The number of nitrogens with zero attached hydrogens (tertiary/aromatic N) is 1. The van der Waals surface area contributed by atoms with E-state index in [1.165, 1.54) is 7.11 Å². The third-order valence-corrected chi connectivity index (χ3v) is 3.55. The van der Waals surface area contributed by atoms with Gasteiger partial charge in [-0.05, 0) is 24.7 Å². The molecule has 1 saturated carbocycles. The first-order valence-electron chi connectivity index (χ1n) is 5.19. The molecular formula is C10H15NO4. The van der Waals surface area contributed by atoms with Crippen molar-refractivity contribution in [2.75, 3.05) is 20.2 Å². The predicted octanol–water partition coefficient (Wildman–Crippen LogP) is 0.795. The second-order valence-electron chi connectivity index (χ2n) is 4.34. The summed E-state index contributed by atoms with van der Waals surface area (Å²) in [5, 5.41) is 9.07. The minimum absolute atomic E-state index is 0.111. The first-order chi connectivity index (χ1) is 7.13. The molecule has 15 heavy (non-hydrogen) atoms. The number of methoxy groups -OCH3 is 1. The van der Waals surface area contributed by atoms with Gasteiger partial charge in [-0.2, -0.15) is 0 Å². The summed E-state index contributed by atoms with van der Waals surface area (Å²) in [6, 6.07) is 0. The number of hydrogen-bond acceptors (Lipinski definition) is 3. The average Bonchev–Trinajstić information content (AvgIpc) is 2.49. The zero-order chi connectivity index (χ0) is 11.0. The van der Waals surface area contributed by atoms with E-state index in [4.69, 9.17) is 5.11 Å². The normalized spacial score (nSPS) is 33.9. The summed E-state index contributed by atoms with van der Waals surface area (Å²) in [5.74, 6) is -0.751. The molecule has 1 aliphatic heterocycles. The van der Waals surface area contributed by atoms with Crippen LogP contribution in [0.25, 0.3) is 0 Å². The number of carbonyl (C=O) groups excluding carboxylic acids is 1. The van der Waals surface area contributed by atoms with Crippen molar-refractivity contribution in [3.8, 4) is 0 Å². The highest BCUT2D eigenvalue weighted by Crippen LogP contribution is 2.42. The molecule has 2 unspecified atom stereocenters. The number of piperidine rings is 1. The Morgan fingerprint density at radius 2 is 1.80 bits per heavy atom. The van der Waals surface area contributed by atoms with Crippen LogP contribution in [0.5, 0.6) is 0 Å². The number of ether oxygens (including phenoxy) is 1. The number of likely N-dealkylation sites (tertiary alicyclic amines) is 1. The number of aliphatic carboxylic acids is 1. The van der Waals surface area contributed by atoms with Crippen molar-refractivity contribution < 1.29 is 19.4 Å². The van der Waals surface area contributed by atoms with Crippen LogP contribution in [-0.4, -0.2) is 42.3 Å². The van der Waals surface area contributed by atoms with Gasteiger partial charge in [0.1, 0.15) is 0 Å². The number of fused-ring (bicyclic) bond motifs is 2. The fraction of sp³-hybridized carbons (Fsp3) is 0.800. The van der Waals surface area contributed by atoms with Crippen LogP contribution in [0.1, 0.15) is 12.8 Å².